The maximum Gasteiger partial charge on any atom is 0.224 e. The quantitative estimate of drug-likeness (QED) is 0.757. The summed E-state index contributed by atoms with van der Waals surface area (Å²) in [5.41, 5.74) is 0.0694. The summed E-state index contributed by atoms with van der Waals surface area (Å²) in [6, 6.07) is 15.0. The molecule has 3 rings (SSSR count). The number of furan rings is 1. The first-order chi connectivity index (χ1) is 11.4. The molecule has 1 aromatic heterocycles. The summed E-state index contributed by atoms with van der Waals surface area (Å²) in [6.45, 7) is 1.61. The molecule has 24 heavy (non-hydrogen) atoms. The molecule has 0 aliphatic carbocycles. The van der Waals surface area contributed by atoms with Crippen molar-refractivity contribution in [3.05, 3.63) is 71.7 Å². The van der Waals surface area contributed by atoms with Gasteiger partial charge >= 0.3 is 0 Å². The van der Waals surface area contributed by atoms with Crippen LogP contribution in [0.25, 0.3) is 11.0 Å². The monoisotopic (exact) mass is 327 g/mol. The van der Waals surface area contributed by atoms with Crippen molar-refractivity contribution in [2.24, 2.45) is 0 Å². The van der Waals surface area contributed by atoms with Gasteiger partial charge in [-0.05, 0) is 36.8 Å². The molecular weight excluding hydrogens is 309 g/mol. The predicted octanol–water partition coefficient (Wildman–Crippen LogP) is 3.14. The molecule has 2 N–H and O–H groups in total. The predicted molar refractivity (Wildman–Crippen MR) is 88.9 cm³/mol. The Kier molecular flexibility index (Phi) is 4.36. The van der Waals surface area contributed by atoms with E-state index in [0.29, 0.717) is 16.9 Å². The summed E-state index contributed by atoms with van der Waals surface area (Å²) in [5, 5.41) is 14.2. The van der Waals surface area contributed by atoms with Crippen molar-refractivity contribution >= 4 is 16.9 Å². The summed E-state index contributed by atoms with van der Waals surface area (Å²) >= 11 is 0. The van der Waals surface area contributed by atoms with Crippen molar-refractivity contribution in [3.63, 3.8) is 0 Å². The van der Waals surface area contributed by atoms with Crippen LogP contribution < -0.4 is 5.32 Å². The number of aliphatic hydroxyl groups is 1. The highest BCUT2D eigenvalue weighted by Gasteiger charge is 2.28. The third-order valence-corrected chi connectivity index (χ3v) is 3.86. The number of para-hydroxylation sites is 1. The number of halogens is 1. The molecule has 124 valence electrons. The van der Waals surface area contributed by atoms with Gasteiger partial charge in [-0.15, -0.1) is 0 Å². The fourth-order valence-electron chi connectivity index (χ4n) is 2.46. The molecule has 0 radical (unpaired) electrons. The first-order valence-electron chi connectivity index (χ1n) is 7.67. The molecule has 0 fully saturated rings. The van der Waals surface area contributed by atoms with Crippen molar-refractivity contribution < 1.29 is 18.7 Å². The van der Waals surface area contributed by atoms with Gasteiger partial charge in [0.15, 0.2) is 0 Å². The maximum absolute atomic E-state index is 12.9. The number of amides is 1. The fourth-order valence-corrected chi connectivity index (χ4v) is 2.46. The van der Waals surface area contributed by atoms with Crippen molar-refractivity contribution in [2.75, 3.05) is 6.54 Å². The van der Waals surface area contributed by atoms with Gasteiger partial charge in [-0.25, -0.2) is 4.39 Å². The molecule has 4 nitrogen and oxygen atoms in total. The van der Waals surface area contributed by atoms with E-state index in [2.05, 4.69) is 5.32 Å². The molecule has 3 aromatic rings. The van der Waals surface area contributed by atoms with E-state index in [0.717, 1.165) is 5.39 Å². The van der Waals surface area contributed by atoms with Crippen LogP contribution in [0.4, 0.5) is 4.39 Å². The summed E-state index contributed by atoms with van der Waals surface area (Å²) < 4.78 is 18.5. The summed E-state index contributed by atoms with van der Waals surface area (Å²) in [6.07, 6.45) is 0.122. The molecule has 0 aliphatic rings. The van der Waals surface area contributed by atoms with Crippen LogP contribution in [0, 0.1) is 5.82 Å². The molecule has 0 saturated heterocycles. The lowest BCUT2D eigenvalue weighted by Crippen LogP contribution is -2.39. The van der Waals surface area contributed by atoms with Gasteiger partial charge in [0.25, 0.3) is 0 Å². The lowest BCUT2D eigenvalue weighted by Gasteiger charge is -2.21. The van der Waals surface area contributed by atoms with E-state index in [-0.39, 0.29) is 24.7 Å². The average molecular weight is 327 g/mol. The minimum atomic E-state index is -1.32. The van der Waals surface area contributed by atoms with Crippen LogP contribution in [0.1, 0.15) is 18.2 Å². The Balaban J connectivity index is 1.63. The largest absolute Gasteiger partial charge is 0.458 e. The van der Waals surface area contributed by atoms with Gasteiger partial charge in [-0.1, -0.05) is 30.3 Å². The van der Waals surface area contributed by atoms with Gasteiger partial charge in [0.2, 0.25) is 5.91 Å². The van der Waals surface area contributed by atoms with Crippen molar-refractivity contribution in [1.82, 2.24) is 5.32 Å². The van der Waals surface area contributed by atoms with Gasteiger partial charge in [0.05, 0.1) is 13.0 Å². The molecule has 0 bridgehead atoms. The minimum Gasteiger partial charge on any atom is -0.458 e. The van der Waals surface area contributed by atoms with E-state index in [1.165, 1.54) is 12.1 Å². The highest BCUT2D eigenvalue weighted by molar-refractivity contribution is 5.79. The second-order valence-corrected chi connectivity index (χ2v) is 6.00. The summed E-state index contributed by atoms with van der Waals surface area (Å²) in [7, 11) is 0. The third kappa shape index (κ3) is 3.63. The highest BCUT2D eigenvalue weighted by Crippen LogP contribution is 2.27. The maximum atomic E-state index is 12.9. The number of nitrogens with one attached hydrogen (secondary N) is 1. The Hall–Kier alpha value is -2.66. The average Bonchev–Trinajstić information content (AvgIpc) is 3.00. The number of benzene rings is 2. The van der Waals surface area contributed by atoms with Crippen LogP contribution in [-0.4, -0.2) is 17.6 Å². The number of carbonyl (C=O) groups excluding carboxylic acids is 1. The zero-order valence-corrected chi connectivity index (χ0v) is 13.3. The van der Waals surface area contributed by atoms with Crippen molar-refractivity contribution in [1.29, 1.82) is 0 Å². The zero-order chi connectivity index (χ0) is 17.2. The molecule has 1 amide bonds. The van der Waals surface area contributed by atoms with Gasteiger partial charge in [-0.2, -0.15) is 0 Å². The SMILES string of the molecule is C[C@](O)(CNC(=O)Cc1ccc(F)cc1)c1cc2ccccc2o1. The van der Waals surface area contributed by atoms with E-state index >= 15 is 0 Å². The molecule has 2 aromatic carbocycles. The van der Waals surface area contributed by atoms with E-state index in [1.807, 2.05) is 24.3 Å². The van der Waals surface area contributed by atoms with Crippen LogP contribution in [0.5, 0.6) is 0 Å². The fraction of sp³-hybridized carbons (Fsp3) is 0.211. The lowest BCUT2D eigenvalue weighted by molar-refractivity contribution is -0.121. The number of fused-ring (bicyclic) bond motifs is 1. The minimum absolute atomic E-state index is 0.0207. The summed E-state index contributed by atoms with van der Waals surface area (Å²) in [5.74, 6) is -0.198. The van der Waals surface area contributed by atoms with Crippen LogP contribution in [0.2, 0.25) is 0 Å². The Bertz CT molecular complexity index is 819. The molecule has 5 heteroatoms. The molecule has 1 heterocycles. The molecule has 0 saturated carbocycles. The lowest BCUT2D eigenvalue weighted by atomic mass is 10.0. The Morgan fingerprint density at radius 2 is 1.92 bits per heavy atom. The normalized spacial score (nSPS) is 13.6. The Morgan fingerprint density at radius 1 is 1.21 bits per heavy atom. The van der Waals surface area contributed by atoms with Crippen LogP contribution in [0.3, 0.4) is 0 Å². The number of rotatable bonds is 5. The smallest absolute Gasteiger partial charge is 0.224 e. The number of hydrogen-bond donors (Lipinski definition) is 2. The molecule has 1 atom stereocenters. The van der Waals surface area contributed by atoms with Gasteiger partial charge < -0.3 is 14.8 Å². The Morgan fingerprint density at radius 3 is 2.62 bits per heavy atom. The van der Waals surface area contributed by atoms with Gasteiger partial charge in [0.1, 0.15) is 22.8 Å². The standard InChI is InChI=1S/C19H18FNO3/c1-19(23,17-11-14-4-2-3-5-16(14)24-17)12-21-18(22)10-13-6-8-15(20)9-7-13/h2-9,11,23H,10,12H2,1H3,(H,21,22)/t19-/m0/s1. The topological polar surface area (TPSA) is 62.5 Å². The van der Waals surface area contributed by atoms with Crippen LogP contribution in [-0.2, 0) is 16.8 Å². The molecular formula is C19H18FNO3. The molecule has 0 unspecified atom stereocenters. The third-order valence-electron chi connectivity index (χ3n) is 3.86. The summed E-state index contributed by atoms with van der Waals surface area (Å²) in [4.78, 5) is 12.0. The first kappa shape index (κ1) is 16.2. The molecule has 0 spiro atoms. The number of carbonyl (C=O) groups is 1. The second kappa shape index (κ2) is 6.45. The highest BCUT2D eigenvalue weighted by atomic mass is 19.1. The van der Waals surface area contributed by atoms with Crippen LogP contribution in [0.15, 0.2) is 59.0 Å². The molecule has 0 aliphatic heterocycles. The number of hydrogen-bond acceptors (Lipinski definition) is 3. The van der Waals surface area contributed by atoms with Crippen LogP contribution >= 0.6 is 0 Å². The second-order valence-electron chi connectivity index (χ2n) is 6.00. The van der Waals surface area contributed by atoms with E-state index in [1.54, 1.807) is 25.1 Å². The van der Waals surface area contributed by atoms with E-state index < -0.39 is 5.60 Å². The van der Waals surface area contributed by atoms with Gasteiger partial charge in [0, 0.05) is 5.39 Å². The van der Waals surface area contributed by atoms with E-state index in [9.17, 15) is 14.3 Å². The van der Waals surface area contributed by atoms with Gasteiger partial charge in [-0.3, -0.25) is 4.79 Å². The first-order valence-corrected chi connectivity index (χ1v) is 7.67. The zero-order valence-electron chi connectivity index (χ0n) is 13.3. The Labute approximate surface area is 138 Å². The van der Waals surface area contributed by atoms with Crippen molar-refractivity contribution in [2.45, 2.75) is 18.9 Å². The van der Waals surface area contributed by atoms with E-state index in [4.69, 9.17) is 4.42 Å². The van der Waals surface area contributed by atoms with Crippen molar-refractivity contribution in [3.8, 4) is 0 Å².